The third-order valence-corrected chi connectivity index (χ3v) is 3.06. The number of ether oxygens (including phenoxy) is 1. The van der Waals surface area contributed by atoms with E-state index in [1.807, 2.05) is 12.1 Å². The van der Waals surface area contributed by atoms with Crippen LogP contribution in [0.5, 0.6) is 5.75 Å². The number of carbonyl (C=O) groups excluding carboxylic acids is 1. The first-order chi connectivity index (χ1) is 7.31. The molecule has 1 aromatic carbocycles. The summed E-state index contributed by atoms with van der Waals surface area (Å²) in [6.07, 6.45) is 1.64. The summed E-state index contributed by atoms with van der Waals surface area (Å²) in [6, 6.07) is 3.76. The van der Waals surface area contributed by atoms with Crippen LogP contribution in [0.1, 0.15) is 15.9 Å². The number of aromatic amines is 1. The van der Waals surface area contributed by atoms with Crippen LogP contribution in [0.2, 0.25) is 5.15 Å². The van der Waals surface area contributed by atoms with Gasteiger partial charge in [-0.05, 0) is 12.1 Å². The largest absolute Gasteiger partial charge is 0.493 e. The van der Waals surface area contributed by atoms with Gasteiger partial charge in [0.25, 0.3) is 0 Å². The number of carbonyl (C=O) groups is 1. The molecule has 4 heteroatoms. The number of H-pyrrole nitrogens is 1. The summed E-state index contributed by atoms with van der Waals surface area (Å²) in [7, 11) is 0. The van der Waals surface area contributed by atoms with Gasteiger partial charge in [0.1, 0.15) is 10.9 Å². The van der Waals surface area contributed by atoms with Gasteiger partial charge in [-0.15, -0.1) is 0 Å². The molecular formula is C11H8ClNO2. The van der Waals surface area contributed by atoms with Crippen LogP contribution in [-0.2, 0) is 6.42 Å². The molecule has 0 spiro atoms. The van der Waals surface area contributed by atoms with Crippen molar-refractivity contribution >= 4 is 28.8 Å². The van der Waals surface area contributed by atoms with Crippen molar-refractivity contribution in [2.45, 2.75) is 6.42 Å². The monoisotopic (exact) mass is 221 g/mol. The predicted molar refractivity (Wildman–Crippen MR) is 57.9 cm³/mol. The van der Waals surface area contributed by atoms with Gasteiger partial charge in [0.05, 0.1) is 17.7 Å². The maximum atomic E-state index is 10.9. The molecule has 3 rings (SSSR count). The topological polar surface area (TPSA) is 42.1 Å². The molecule has 0 saturated carbocycles. The Hall–Kier alpha value is -1.48. The number of aldehydes is 1. The van der Waals surface area contributed by atoms with Gasteiger partial charge in [-0.3, -0.25) is 4.79 Å². The van der Waals surface area contributed by atoms with Crippen LogP contribution in [-0.4, -0.2) is 17.9 Å². The molecule has 2 heterocycles. The van der Waals surface area contributed by atoms with Crippen LogP contribution in [0, 0.1) is 0 Å². The van der Waals surface area contributed by atoms with E-state index in [-0.39, 0.29) is 0 Å². The minimum Gasteiger partial charge on any atom is -0.493 e. The van der Waals surface area contributed by atoms with Gasteiger partial charge in [-0.25, -0.2) is 0 Å². The smallest absolute Gasteiger partial charge is 0.153 e. The Balaban J connectivity index is 2.43. The molecule has 0 amide bonds. The predicted octanol–water partition coefficient (Wildman–Crippen LogP) is 2.57. The Labute approximate surface area is 91.0 Å². The van der Waals surface area contributed by atoms with Gasteiger partial charge in [0.15, 0.2) is 6.29 Å². The summed E-state index contributed by atoms with van der Waals surface area (Å²) in [4.78, 5) is 13.9. The van der Waals surface area contributed by atoms with Crippen LogP contribution in [0.3, 0.4) is 0 Å². The van der Waals surface area contributed by atoms with Gasteiger partial charge >= 0.3 is 0 Å². The van der Waals surface area contributed by atoms with Gasteiger partial charge in [0, 0.05) is 17.4 Å². The Morgan fingerprint density at radius 1 is 1.47 bits per heavy atom. The van der Waals surface area contributed by atoms with E-state index in [0.717, 1.165) is 34.9 Å². The highest BCUT2D eigenvalue weighted by atomic mass is 35.5. The maximum absolute atomic E-state index is 10.9. The molecule has 0 aliphatic carbocycles. The second-order valence-corrected chi connectivity index (χ2v) is 3.91. The third-order valence-electron chi connectivity index (χ3n) is 2.76. The number of hydrogen-bond acceptors (Lipinski definition) is 2. The van der Waals surface area contributed by atoms with Crippen LogP contribution in [0.25, 0.3) is 10.9 Å². The third kappa shape index (κ3) is 1.10. The highest BCUT2D eigenvalue weighted by Gasteiger charge is 2.19. The number of aromatic nitrogens is 1. The lowest BCUT2D eigenvalue weighted by Crippen LogP contribution is -1.85. The van der Waals surface area contributed by atoms with Crippen LogP contribution in [0.15, 0.2) is 12.1 Å². The highest BCUT2D eigenvalue weighted by Crippen LogP contribution is 2.35. The zero-order valence-electron chi connectivity index (χ0n) is 7.84. The molecule has 1 aromatic heterocycles. The number of fused-ring (bicyclic) bond motifs is 3. The van der Waals surface area contributed by atoms with E-state index in [2.05, 4.69) is 4.98 Å². The Bertz CT molecular complexity index is 559. The van der Waals surface area contributed by atoms with Gasteiger partial charge in [0.2, 0.25) is 0 Å². The van der Waals surface area contributed by atoms with Gasteiger partial charge in [-0.2, -0.15) is 0 Å². The summed E-state index contributed by atoms with van der Waals surface area (Å²) in [6.45, 7) is 0.696. The average molecular weight is 222 g/mol. The fraction of sp³-hybridized carbons (Fsp3) is 0.182. The second kappa shape index (κ2) is 3.00. The van der Waals surface area contributed by atoms with Crippen molar-refractivity contribution in [2.75, 3.05) is 6.61 Å². The number of halogens is 1. The van der Waals surface area contributed by atoms with Crippen molar-refractivity contribution in [3.63, 3.8) is 0 Å². The van der Waals surface area contributed by atoms with Crippen molar-refractivity contribution in [2.24, 2.45) is 0 Å². The molecule has 3 nitrogen and oxygen atoms in total. The number of rotatable bonds is 1. The lowest BCUT2D eigenvalue weighted by molar-refractivity contribution is 0.112. The molecule has 0 atom stereocenters. The van der Waals surface area contributed by atoms with E-state index in [1.165, 1.54) is 0 Å². The van der Waals surface area contributed by atoms with Crippen LogP contribution < -0.4 is 4.74 Å². The SMILES string of the molecule is O=Cc1c(Cl)[nH]c2c3c(ccc12)OCC3. The van der Waals surface area contributed by atoms with Gasteiger partial charge in [-0.1, -0.05) is 11.6 Å². The first-order valence-electron chi connectivity index (χ1n) is 4.72. The molecule has 0 bridgehead atoms. The minimum absolute atomic E-state index is 0.403. The fourth-order valence-electron chi connectivity index (χ4n) is 2.05. The second-order valence-electron chi connectivity index (χ2n) is 3.53. The lowest BCUT2D eigenvalue weighted by atomic mass is 10.1. The Kier molecular flexibility index (Phi) is 1.76. The number of nitrogens with one attached hydrogen (secondary N) is 1. The summed E-state index contributed by atoms with van der Waals surface area (Å²) in [5, 5.41) is 1.28. The van der Waals surface area contributed by atoms with E-state index < -0.39 is 0 Å². The van der Waals surface area contributed by atoms with Gasteiger partial charge < -0.3 is 9.72 Å². The molecule has 0 unspecified atom stereocenters. The Morgan fingerprint density at radius 2 is 2.33 bits per heavy atom. The molecule has 1 aliphatic rings. The quantitative estimate of drug-likeness (QED) is 0.752. The van der Waals surface area contributed by atoms with Crippen molar-refractivity contribution in [3.05, 3.63) is 28.4 Å². The molecule has 2 aromatic rings. The molecular weight excluding hydrogens is 214 g/mol. The first-order valence-corrected chi connectivity index (χ1v) is 5.10. The van der Waals surface area contributed by atoms with Crippen molar-refractivity contribution in [1.29, 1.82) is 0 Å². The number of hydrogen-bond donors (Lipinski definition) is 1. The average Bonchev–Trinajstić information content (AvgIpc) is 2.79. The first kappa shape index (κ1) is 8.80. The van der Waals surface area contributed by atoms with E-state index >= 15 is 0 Å². The van der Waals surface area contributed by atoms with Crippen LogP contribution >= 0.6 is 11.6 Å². The molecule has 15 heavy (non-hydrogen) atoms. The molecule has 0 fully saturated rings. The summed E-state index contributed by atoms with van der Waals surface area (Å²) >= 11 is 5.94. The Morgan fingerprint density at radius 3 is 3.13 bits per heavy atom. The summed E-state index contributed by atoms with van der Waals surface area (Å²) in [5.74, 6) is 0.887. The highest BCUT2D eigenvalue weighted by molar-refractivity contribution is 6.34. The van der Waals surface area contributed by atoms with E-state index in [0.29, 0.717) is 17.3 Å². The van der Waals surface area contributed by atoms with Crippen molar-refractivity contribution < 1.29 is 9.53 Å². The lowest BCUT2D eigenvalue weighted by Gasteiger charge is -1.99. The van der Waals surface area contributed by atoms with E-state index in [9.17, 15) is 4.79 Å². The molecule has 0 radical (unpaired) electrons. The fourth-order valence-corrected chi connectivity index (χ4v) is 2.29. The molecule has 0 saturated heterocycles. The zero-order valence-corrected chi connectivity index (χ0v) is 8.60. The van der Waals surface area contributed by atoms with E-state index in [1.54, 1.807) is 0 Å². The summed E-state index contributed by atoms with van der Waals surface area (Å²) < 4.78 is 5.44. The standard InChI is InChI=1S/C11H8ClNO2/c12-11-8(5-14)6-1-2-9-7(3-4-15-9)10(6)13-11/h1-2,5,13H,3-4H2. The zero-order chi connectivity index (χ0) is 10.4. The van der Waals surface area contributed by atoms with Crippen LogP contribution in [0.4, 0.5) is 0 Å². The molecule has 1 aliphatic heterocycles. The molecule has 76 valence electrons. The number of benzene rings is 1. The maximum Gasteiger partial charge on any atom is 0.153 e. The van der Waals surface area contributed by atoms with E-state index in [4.69, 9.17) is 16.3 Å². The van der Waals surface area contributed by atoms with Crippen molar-refractivity contribution in [1.82, 2.24) is 4.98 Å². The summed E-state index contributed by atoms with van der Waals surface area (Å²) in [5.41, 5.74) is 2.57. The molecule has 1 N–H and O–H groups in total. The minimum atomic E-state index is 0.403. The normalized spacial score (nSPS) is 13.9. The van der Waals surface area contributed by atoms with Crippen molar-refractivity contribution in [3.8, 4) is 5.75 Å².